The molecule has 0 saturated carbocycles. The molecule has 30 heavy (non-hydrogen) atoms. The molecule has 0 saturated heterocycles. The summed E-state index contributed by atoms with van der Waals surface area (Å²) in [5.41, 5.74) is 0.355. The van der Waals surface area contributed by atoms with Crippen molar-refractivity contribution in [3.63, 3.8) is 0 Å². The van der Waals surface area contributed by atoms with Crippen molar-refractivity contribution < 1.29 is 17.6 Å². The van der Waals surface area contributed by atoms with Crippen LogP contribution in [0.5, 0.6) is 0 Å². The molecule has 150 valence electrons. The molecule has 1 aromatic heterocycles. The van der Waals surface area contributed by atoms with Crippen LogP contribution in [0.25, 0.3) is 28.7 Å². The van der Waals surface area contributed by atoms with E-state index in [1.165, 1.54) is 28.8 Å². The predicted octanol–water partition coefficient (Wildman–Crippen LogP) is 7.08. The van der Waals surface area contributed by atoms with Gasteiger partial charge in [0.2, 0.25) is 0 Å². The Morgan fingerprint density at radius 1 is 0.867 bits per heavy atom. The van der Waals surface area contributed by atoms with Gasteiger partial charge in [0.25, 0.3) is 0 Å². The molecule has 0 amide bonds. The molecular weight excluding hydrogens is 412 g/mol. The quantitative estimate of drug-likeness (QED) is 0.257. The first-order chi connectivity index (χ1) is 14.3. The molecular formula is C23H14F4N2S. The van der Waals surface area contributed by atoms with E-state index in [0.717, 1.165) is 12.1 Å². The maximum Gasteiger partial charge on any atom is 0.416 e. The number of para-hydroxylation sites is 1. The van der Waals surface area contributed by atoms with Crippen LogP contribution in [-0.4, -0.2) is 9.55 Å². The van der Waals surface area contributed by atoms with Gasteiger partial charge in [0.1, 0.15) is 16.3 Å². The van der Waals surface area contributed by atoms with Crippen LogP contribution in [0.3, 0.4) is 0 Å². The number of benzene rings is 3. The second-order valence-corrected chi connectivity index (χ2v) is 6.92. The first-order valence-electron chi connectivity index (χ1n) is 8.96. The van der Waals surface area contributed by atoms with Crippen molar-refractivity contribution in [3.8, 4) is 5.69 Å². The standard InChI is InChI=1S/C23H14F4N2S/c24-19-10-3-1-6-15(19)12-13-21-28-20-11-4-2-9-18(20)22(30)29(21)17-8-5-7-16(14-17)23(25,26)27/h1-14H/b13-12-. The summed E-state index contributed by atoms with van der Waals surface area (Å²) in [6.45, 7) is 0. The minimum atomic E-state index is -4.49. The number of hydrogen-bond donors (Lipinski definition) is 0. The molecule has 4 aromatic rings. The van der Waals surface area contributed by atoms with Crippen molar-refractivity contribution in [2.24, 2.45) is 0 Å². The fourth-order valence-electron chi connectivity index (χ4n) is 3.11. The summed E-state index contributed by atoms with van der Waals surface area (Å²) in [4.78, 5) is 4.55. The van der Waals surface area contributed by atoms with Crippen molar-refractivity contribution >= 4 is 35.3 Å². The van der Waals surface area contributed by atoms with Gasteiger partial charge in [-0.15, -0.1) is 0 Å². The number of fused-ring (bicyclic) bond motifs is 1. The average Bonchev–Trinajstić information content (AvgIpc) is 2.73. The lowest BCUT2D eigenvalue weighted by atomic mass is 10.1. The van der Waals surface area contributed by atoms with Gasteiger partial charge in [-0.2, -0.15) is 13.2 Å². The second-order valence-electron chi connectivity index (χ2n) is 6.53. The van der Waals surface area contributed by atoms with E-state index in [1.807, 2.05) is 0 Å². The predicted molar refractivity (Wildman–Crippen MR) is 112 cm³/mol. The van der Waals surface area contributed by atoms with Crippen molar-refractivity contribution in [2.75, 3.05) is 0 Å². The monoisotopic (exact) mass is 426 g/mol. The highest BCUT2D eigenvalue weighted by atomic mass is 32.1. The Hall–Kier alpha value is -3.32. The van der Waals surface area contributed by atoms with E-state index in [1.54, 1.807) is 48.5 Å². The van der Waals surface area contributed by atoms with E-state index < -0.39 is 17.6 Å². The van der Waals surface area contributed by atoms with Gasteiger partial charge in [-0.25, -0.2) is 9.37 Å². The first-order valence-corrected chi connectivity index (χ1v) is 9.37. The highest BCUT2D eigenvalue weighted by Gasteiger charge is 2.30. The zero-order valence-electron chi connectivity index (χ0n) is 15.4. The number of nitrogens with zero attached hydrogens (tertiary/aromatic N) is 2. The van der Waals surface area contributed by atoms with Crippen LogP contribution in [0.15, 0.2) is 72.8 Å². The molecule has 0 unspecified atom stereocenters. The normalized spacial score (nSPS) is 12.0. The Morgan fingerprint density at radius 3 is 2.37 bits per heavy atom. The van der Waals surface area contributed by atoms with E-state index in [4.69, 9.17) is 12.2 Å². The number of alkyl halides is 3. The van der Waals surface area contributed by atoms with Crippen molar-refractivity contribution in [2.45, 2.75) is 6.18 Å². The van der Waals surface area contributed by atoms with Gasteiger partial charge < -0.3 is 0 Å². The molecule has 3 aromatic carbocycles. The smallest absolute Gasteiger partial charge is 0.285 e. The average molecular weight is 426 g/mol. The van der Waals surface area contributed by atoms with E-state index in [0.29, 0.717) is 26.9 Å². The van der Waals surface area contributed by atoms with Gasteiger partial charge in [0.15, 0.2) is 0 Å². The molecule has 7 heteroatoms. The van der Waals surface area contributed by atoms with Crippen LogP contribution in [-0.2, 0) is 6.18 Å². The van der Waals surface area contributed by atoms with E-state index in [9.17, 15) is 17.6 Å². The number of aromatic nitrogens is 2. The zero-order chi connectivity index (χ0) is 21.3. The zero-order valence-corrected chi connectivity index (χ0v) is 16.2. The molecule has 0 bridgehead atoms. The third kappa shape index (κ3) is 3.89. The highest BCUT2D eigenvalue weighted by Crippen LogP contribution is 2.31. The Bertz CT molecular complexity index is 1320. The van der Waals surface area contributed by atoms with Gasteiger partial charge in [-0.05, 0) is 48.6 Å². The van der Waals surface area contributed by atoms with Crippen molar-refractivity contribution in [3.05, 3.63) is 100 Å². The molecule has 0 fully saturated rings. The lowest BCUT2D eigenvalue weighted by Crippen LogP contribution is -2.09. The number of halogens is 4. The molecule has 0 spiro atoms. The van der Waals surface area contributed by atoms with E-state index in [-0.39, 0.29) is 5.69 Å². The van der Waals surface area contributed by atoms with Gasteiger partial charge in [-0.3, -0.25) is 4.57 Å². The van der Waals surface area contributed by atoms with Gasteiger partial charge >= 0.3 is 6.18 Å². The van der Waals surface area contributed by atoms with Crippen molar-refractivity contribution in [1.29, 1.82) is 0 Å². The van der Waals surface area contributed by atoms with Crippen LogP contribution >= 0.6 is 12.2 Å². The van der Waals surface area contributed by atoms with E-state index >= 15 is 0 Å². The summed E-state index contributed by atoms with van der Waals surface area (Å²) < 4.78 is 55.5. The molecule has 0 N–H and O–H groups in total. The summed E-state index contributed by atoms with van der Waals surface area (Å²) in [6, 6.07) is 18.2. The van der Waals surface area contributed by atoms with Crippen LogP contribution < -0.4 is 0 Å². The Labute approximate surface area is 174 Å². The largest absolute Gasteiger partial charge is 0.416 e. The van der Waals surface area contributed by atoms with E-state index in [2.05, 4.69) is 4.98 Å². The summed E-state index contributed by atoms with van der Waals surface area (Å²) in [7, 11) is 0. The summed E-state index contributed by atoms with van der Waals surface area (Å²) in [5.74, 6) is -0.125. The third-order valence-corrected chi connectivity index (χ3v) is 4.95. The number of hydrogen-bond acceptors (Lipinski definition) is 2. The number of rotatable bonds is 3. The lowest BCUT2D eigenvalue weighted by Gasteiger charge is -2.15. The summed E-state index contributed by atoms with van der Waals surface area (Å²) in [6.07, 6.45) is -1.43. The van der Waals surface area contributed by atoms with Gasteiger partial charge in [0, 0.05) is 16.6 Å². The SMILES string of the molecule is Fc1ccccc1/C=C\c1nc2ccccc2c(=S)n1-c1cccc(C(F)(F)F)c1. The second kappa shape index (κ2) is 7.84. The van der Waals surface area contributed by atoms with Crippen LogP contribution in [0.2, 0.25) is 0 Å². The lowest BCUT2D eigenvalue weighted by molar-refractivity contribution is -0.137. The fraction of sp³-hybridized carbons (Fsp3) is 0.0435. The minimum absolute atomic E-state index is 0.223. The topological polar surface area (TPSA) is 17.8 Å². The van der Waals surface area contributed by atoms with Crippen LogP contribution in [0.1, 0.15) is 17.0 Å². The summed E-state index contributed by atoms with van der Waals surface area (Å²) in [5, 5.41) is 0.632. The van der Waals surface area contributed by atoms with Crippen LogP contribution in [0, 0.1) is 10.5 Å². The van der Waals surface area contributed by atoms with Crippen LogP contribution in [0.4, 0.5) is 17.6 Å². The van der Waals surface area contributed by atoms with Gasteiger partial charge in [-0.1, -0.05) is 48.6 Å². The summed E-state index contributed by atoms with van der Waals surface area (Å²) >= 11 is 5.59. The van der Waals surface area contributed by atoms with Gasteiger partial charge in [0.05, 0.1) is 11.1 Å². The molecule has 0 aliphatic rings. The third-order valence-electron chi connectivity index (χ3n) is 4.55. The Balaban J connectivity index is 1.96. The minimum Gasteiger partial charge on any atom is -0.285 e. The molecule has 0 atom stereocenters. The molecule has 0 aliphatic heterocycles. The maximum atomic E-state index is 14.0. The highest BCUT2D eigenvalue weighted by molar-refractivity contribution is 7.71. The molecule has 4 rings (SSSR count). The Morgan fingerprint density at radius 2 is 1.60 bits per heavy atom. The van der Waals surface area contributed by atoms with Crippen molar-refractivity contribution in [1.82, 2.24) is 9.55 Å². The molecule has 2 nitrogen and oxygen atoms in total. The molecule has 0 aliphatic carbocycles. The molecule has 0 radical (unpaired) electrons. The first kappa shape index (κ1) is 20.0. The fourth-order valence-corrected chi connectivity index (χ4v) is 3.48. The molecule has 1 heterocycles. The Kier molecular flexibility index (Phi) is 5.22. The maximum absolute atomic E-state index is 14.0.